The Labute approximate surface area is 80.4 Å². The Bertz CT molecular complexity index is 386. The highest BCUT2D eigenvalue weighted by Gasteiger charge is 2.04. The van der Waals surface area contributed by atoms with Crippen LogP contribution < -0.4 is 0 Å². The highest BCUT2D eigenvalue weighted by Crippen LogP contribution is 2.18. The summed E-state index contributed by atoms with van der Waals surface area (Å²) in [5.74, 6) is 2.33. The topological polar surface area (TPSA) is 38.9 Å². The molecule has 0 atom stereocenters. The Hall–Kier alpha value is -1.35. The number of halogens is 1. The first kappa shape index (κ1) is 8.26. The molecule has 0 unspecified atom stereocenters. The third-order valence-corrected chi connectivity index (χ3v) is 1.84. The van der Waals surface area contributed by atoms with E-state index in [0.29, 0.717) is 17.5 Å². The number of furan rings is 1. The molecule has 0 saturated carbocycles. The second kappa shape index (κ2) is 3.58. The van der Waals surface area contributed by atoms with Gasteiger partial charge in [-0.05, 0) is 18.2 Å². The van der Waals surface area contributed by atoms with Crippen molar-refractivity contribution in [3.8, 4) is 11.6 Å². The molecule has 13 heavy (non-hydrogen) atoms. The average molecular weight is 195 g/mol. The molecule has 2 rings (SSSR count). The van der Waals surface area contributed by atoms with Crippen molar-refractivity contribution in [1.29, 1.82) is 0 Å². The largest absolute Gasteiger partial charge is 0.456 e. The van der Waals surface area contributed by atoms with Crippen LogP contribution in [0.5, 0.6) is 0 Å². The maximum Gasteiger partial charge on any atom is 0.195 e. The molecule has 0 saturated heterocycles. The minimum Gasteiger partial charge on any atom is -0.456 e. The first-order valence-electron chi connectivity index (χ1n) is 3.82. The second-order valence-corrected chi connectivity index (χ2v) is 2.74. The van der Waals surface area contributed by atoms with E-state index in [1.54, 1.807) is 18.5 Å². The van der Waals surface area contributed by atoms with Crippen LogP contribution in [-0.2, 0) is 5.88 Å². The Morgan fingerprint density at radius 2 is 2.00 bits per heavy atom. The monoisotopic (exact) mass is 194 g/mol. The van der Waals surface area contributed by atoms with Gasteiger partial charge in [0.1, 0.15) is 5.76 Å². The van der Waals surface area contributed by atoms with E-state index in [1.807, 2.05) is 12.1 Å². The normalized spacial score (nSPS) is 10.2. The molecule has 0 spiro atoms. The van der Waals surface area contributed by atoms with Crippen LogP contribution in [0.2, 0.25) is 0 Å². The quantitative estimate of drug-likeness (QED) is 0.690. The van der Waals surface area contributed by atoms with E-state index in [4.69, 9.17) is 16.0 Å². The van der Waals surface area contributed by atoms with Gasteiger partial charge < -0.3 is 4.42 Å². The summed E-state index contributed by atoms with van der Waals surface area (Å²) in [6, 6.07) is 5.39. The van der Waals surface area contributed by atoms with E-state index in [-0.39, 0.29) is 0 Å². The van der Waals surface area contributed by atoms with Gasteiger partial charge >= 0.3 is 0 Å². The summed E-state index contributed by atoms with van der Waals surface area (Å²) in [6.45, 7) is 0. The summed E-state index contributed by atoms with van der Waals surface area (Å²) in [6.07, 6.45) is 3.34. The summed E-state index contributed by atoms with van der Waals surface area (Å²) < 4.78 is 5.36. The SMILES string of the molecule is ClCc1ccc(-c2ncccn2)o1. The van der Waals surface area contributed by atoms with Gasteiger partial charge in [0.15, 0.2) is 11.6 Å². The highest BCUT2D eigenvalue weighted by atomic mass is 35.5. The molecule has 0 aromatic carbocycles. The van der Waals surface area contributed by atoms with E-state index in [2.05, 4.69) is 9.97 Å². The molecule has 0 fully saturated rings. The van der Waals surface area contributed by atoms with E-state index in [1.165, 1.54) is 0 Å². The molecule has 66 valence electrons. The van der Waals surface area contributed by atoms with E-state index in [9.17, 15) is 0 Å². The Morgan fingerprint density at radius 3 is 2.62 bits per heavy atom. The molecular weight excluding hydrogens is 188 g/mol. The molecule has 0 aliphatic heterocycles. The first-order valence-corrected chi connectivity index (χ1v) is 4.35. The fourth-order valence-electron chi connectivity index (χ4n) is 0.996. The van der Waals surface area contributed by atoms with Crippen molar-refractivity contribution in [3.63, 3.8) is 0 Å². The Kier molecular flexibility index (Phi) is 2.27. The fraction of sp³-hybridized carbons (Fsp3) is 0.111. The van der Waals surface area contributed by atoms with Crippen LogP contribution in [0.25, 0.3) is 11.6 Å². The van der Waals surface area contributed by atoms with Crippen LogP contribution in [0.3, 0.4) is 0 Å². The lowest BCUT2D eigenvalue weighted by Gasteiger charge is -1.92. The molecule has 3 nitrogen and oxygen atoms in total. The fourth-order valence-corrected chi connectivity index (χ4v) is 1.14. The van der Waals surface area contributed by atoms with Crippen LogP contribution in [-0.4, -0.2) is 9.97 Å². The maximum atomic E-state index is 5.59. The van der Waals surface area contributed by atoms with Crippen LogP contribution in [0.15, 0.2) is 35.0 Å². The van der Waals surface area contributed by atoms with Crippen molar-refractivity contribution in [2.24, 2.45) is 0 Å². The summed E-state index contributed by atoms with van der Waals surface area (Å²) in [4.78, 5) is 8.10. The molecule has 0 N–H and O–H groups in total. The van der Waals surface area contributed by atoms with Gasteiger partial charge in [-0.2, -0.15) is 0 Å². The lowest BCUT2D eigenvalue weighted by atomic mass is 10.4. The molecule has 0 radical (unpaired) electrons. The summed E-state index contributed by atoms with van der Waals surface area (Å²) in [5, 5.41) is 0. The molecule has 4 heteroatoms. The second-order valence-electron chi connectivity index (χ2n) is 2.47. The van der Waals surface area contributed by atoms with Crippen molar-refractivity contribution >= 4 is 11.6 Å². The predicted octanol–water partition coefficient (Wildman–Crippen LogP) is 2.48. The minimum atomic E-state index is 0.368. The zero-order chi connectivity index (χ0) is 9.10. The van der Waals surface area contributed by atoms with Crippen LogP contribution in [0.4, 0.5) is 0 Å². The molecule has 0 aliphatic carbocycles. The molecular formula is C9H7ClN2O. The van der Waals surface area contributed by atoms with Gasteiger partial charge in [-0.25, -0.2) is 9.97 Å². The van der Waals surface area contributed by atoms with Crippen molar-refractivity contribution < 1.29 is 4.42 Å². The predicted molar refractivity (Wildman–Crippen MR) is 49.3 cm³/mol. The number of nitrogens with zero attached hydrogens (tertiary/aromatic N) is 2. The van der Waals surface area contributed by atoms with Crippen LogP contribution >= 0.6 is 11.6 Å². The van der Waals surface area contributed by atoms with Crippen molar-refractivity contribution in [2.45, 2.75) is 5.88 Å². The summed E-state index contributed by atoms with van der Waals surface area (Å²) in [7, 11) is 0. The molecule has 2 aromatic rings. The average Bonchev–Trinajstić information content (AvgIpc) is 2.67. The van der Waals surface area contributed by atoms with Gasteiger partial charge in [0.05, 0.1) is 5.88 Å². The zero-order valence-corrected chi connectivity index (χ0v) is 7.53. The van der Waals surface area contributed by atoms with Crippen molar-refractivity contribution in [2.75, 3.05) is 0 Å². The molecule has 0 amide bonds. The smallest absolute Gasteiger partial charge is 0.195 e. The van der Waals surface area contributed by atoms with Gasteiger partial charge in [0.25, 0.3) is 0 Å². The Balaban J connectivity index is 2.36. The molecule has 0 bridgehead atoms. The van der Waals surface area contributed by atoms with Crippen molar-refractivity contribution in [3.05, 3.63) is 36.4 Å². The van der Waals surface area contributed by atoms with E-state index in [0.717, 1.165) is 5.76 Å². The lowest BCUT2D eigenvalue weighted by Crippen LogP contribution is -1.83. The van der Waals surface area contributed by atoms with Gasteiger partial charge in [-0.3, -0.25) is 0 Å². The maximum absolute atomic E-state index is 5.59. The van der Waals surface area contributed by atoms with Gasteiger partial charge in [-0.1, -0.05) is 0 Å². The van der Waals surface area contributed by atoms with E-state index < -0.39 is 0 Å². The van der Waals surface area contributed by atoms with Gasteiger partial charge in [0.2, 0.25) is 0 Å². The Morgan fingerprint density at radius 1 is 1.23 bits per heavy atom. The standard InChI is InChI=1S/C9H7ClN2O/c10-6-7-2-3-8(13-7)9-11-4-1-5-12-9/h1-5H,6H2. The number of aromatic nitrogens is 2. The van der Waals surface area contributed by atoms with Crippen LogP contribution in [0, 0.1) is 0 Å². The number of hydrogen-bond donors (Lipinski definition) is 0. The molecule has 2 aromatic heterocycles. The lowest BCUT2D eigenvalue weighted by molar-refractivity contribution is 0.539. The molecule has 2 heterocycles. The van der Waals surface area contributed by atoms with Gasteiger partial charge in [0, 0.05) is 12.4 Å². The molecule has 0 aliphatic rings. The third kappa shape index (κ3) is 1.70. The van der Waals surface area contributed by atoms with Crippen molar-refractivity contribution in [1.82, 2.24) is 9.97 Å². The van der Waals surface area contributed by atoms with Gasteiger partial charge in [-0.15, -0.1) is 11.6 Å². The third-order valence-electron chi connectivity index (χ3n) is 1.58. The number of alkyl halides is 1. The summed E-state index contributed by atoms with van der Waals surface area (Å²) in [5.41, 5.74) is 0. The number of rotatable bonds is 2. The minimum absolute atomic E-state index is 0.368. The zero-order valence-electron chi connectivity index (χ0n) is 6.77. The highest BCUT2D eigenvalue weighted by molar-refractivity contribution is 6.16. The first-order chi connectivity index (χ1) is 6.40. The van der Waals surface area contributed by atoms with Crippen LogP contribution in [0.1, 0.15) is 5.76 Å². The number of hydrogen-bond acceptors (Lipinski definition) is 3. The summed E-state index contributed by atoms with van der Waals surface area (Å²) >= 11 is 5.59. The van der Waals surface area contributed by atoms with E-state index >= 15 is 0 Å².